The van der Waals surface area contributed by atoms with Crippen LogP contribution in [0.25, 0.3) is 0 Å². The van der Waals surface area contributed by atoms with Crippen LogP contribution in [0.1, 0.15) is 36.1 Å². The Balaban J connectivity index is 1.47. The lowest BCUT2D eigenvalue weighted by molar-refractivity contribution is -0.115. The average Bonchev–Trinajstić information content (AvgIpc) is 3.14. The Bertz CT molecular complexity index is 928. The molecular weight excluding hydrogens is 352 g/mol. The summed E-state index contributed by atoms with van der Waals surface area (Å²) in [5.41, 5.74) is 2.86. The van der Waals surface area contributed by atoms with E-state index in [1.54, 1.807) is 12.3 Å². The molecule has 0 spiro atoms. The molecule has 28 heavy (non-hydrogen) atoms. The third-order valence-electron chi connectivity index (χ3n) is 4.20. The zero-order chi connectivity index (χ0) is 19.6. The lowest BCUT2D eigenvalue weighted by atomic mass is 10.1. The monoisotopic (exact) mass is 374 g/mol. The lowest BCUT2D eigenvalue weighted by Crippen LogP contribution is -2.15. The second-order valence-corrected chi connectivity index (χ2v) is 6.53. The summed E-state index contributed by atoms with van der Waals surface area (Å²) in [6, 6.07) is 15.8. The van der Waals surface area contributed by atoms with Gasteiger partial charge in [-0.25, -0.2) is 0 Å². The first-order valence-electron chi connectivity index (χ1n) is 9.27. The number of aryl methyl sites for hydroxylation is 1. The summed E-state index contributed by atoms with van der Waals surface area (Å²) in [6.07, 6.45) is 6.91. The fourth-order valence-electron chi connectivity index (χ4n) is 2.80. The van der Waals surface area contributed by atoms with Crippen molar-refractivity contribution in [2.75, 3.05) is 5.32 Å². The molecule has 0 saturated carbocycles. The molecule has 7 nitrogen and oxygen atoms in total. The predicted octanol–water partition coefficient (Wildman–Crippen LogP) is 3.14. The van der Waals surface area contributed by atoms with E-state index in [0.717, 1.165) is 36.1 Å². The van der Waals surface area contributed by atoms with Gasteiger partial charge in [-0.1, -0.05) is 30.3 Å². The van der Waals surface area contributed by atoms with Crippen molar-refractivity contribution in [3.8, 4) is 6.07 Å². The molecule has 7 heteroatoms. The molecule has 1 amide bonds. The van der Waals surface area contributed by atoms with Crippen molar-refractivity contribution in [3.05, 3.63) is 71.7 Å². The first-order valence-corrected chi connectivity index (χ1v) is 9.27. The SMILES string of the molecule is N#CCCCCc1ccc(NC(=O)Cc2cnn(Cc3ccccc3)c2)nn1. The highest BCUT2D eigenvalue weighted by molar-refractivity contribution is 5.91. The van der Waals surface area contributed by atoms with Gasteiger partial charge in [-0.05, 0) is 42.5 Å². The topological polar surface area (TPSA) is 96.5 Å². The summed E-state index contributed by atoms with van der Waals surface area (Å²) in [5.74, 6) is 0.276. The highest BCUT2D eigenvalue weighted by Crippen LogP contribution is 2.08. The zero-order valence-corrected chi connectivity index (χ0v) is 15.6. The van der Waals surface area contributed by atoms with E-state index in [9.17, 15) is 4.79 Å². The van der Waals surface area contributed by atoms with E-state index in [0.29, 0.717) is 18.8 Å². The number of aromatic nitrogens is 4. The second kappa shape index (κ2) is 9.97. The number of rotatable bonds is 9. The standard InChI is InChI=1S/C21H22N6O/c22-12-6-2-5-9-19-10-11-20(26-25-19)24-21(28)13-18-14-23-27(16-18)15-17-7-3-1-4-8-17/h1,3-4,7-8,10-11,14,16H,2,5-6,9,13,15H2,(H,24,26,28). The highest BCUT2D eigenvalue weighted by Gasteiger charge is 2.08. The van der Waals surface area contributed by atoms with Gasteiger partial charge in [-0.15, -0.1) is 5.10 Å². The Morgan fingerprint density at radius 2 is 1.93 bits per heavy atom. The van der Waals surface area contributed by atoms with Crippen molar-refractivity contribution in [1.29, 1.82) is 5.26 Å². The molecule has 3 rings (SSSR count). The highest BCUT2D eigenvalue weighted by atomic mass is 16.1. The van der Waals surface area contributed by atoms with Gasteiger partial charge in [-0.2, -0.15) is 15.5 Å². The molecule has 1 aromatic carbocycles. The maximum Gasteiger partial charge on any atom is 0.230 e. The van der Waals surface area contributed by atoms with E-state index in [-0.39, 0.29) is 12.3 Å². The Hall–Kier alpha value is -3.53. The Morgan fingerprint density at radius 1 is 1.07 bits per heavy atom. The van der Waals surface area contributed by atoms with Gasteiger partial charge in [0, 0.05) is 12.6 Å². The number of hydrogen-bond donors (Lipinski definition) is 1. The summed E-state index contributed by atoms with van der Waals surface area (Å²) in [4.78, 5) is 12.2. The van der Waals surface area contributed by atoms with Crippen molar-refractivity contribution >= 4 is 11.7 Å². The van der Waals surface area contributed by atoms with Gasteiger partial charge in [0.05, 0.1) is 30.9 Å². The minimum Gasteiger partial charge on any atom is -0.309 e. The maximum absolute atomic E-state index is 12.2. The molecule has 0 aliphatic heterocycles. The maximum atomic E-state index is 12.2. The quantitative estimate of drug-likeness (QED) is 0.580. The van der Waals surface area contributed by atoms with Crippen LogP contribution in [0.3, 0.4) is 0 Å². The van der Waals surface area contributed by atoms with Crippen LogP contribution in [0.4, 0.5) is 5.82 Å². The molecule has 0 saturated heterocycles. The van der Waals surface area contributed by atoms with Gasteiger partial charge in [0.15, 0.2) is 5.82 Å². The van der Waals surface area contributed by atoms with Crippen LogP contribution in [-0.2, 0) is 24.2 Å². The summed E-state index contributed by atoms with van der Waals surface area (Å²) >= 11 is 0. The first-order chi connectivity index (χ1) is 13.7. The first kappa shape index (κ1) is 19.2. The van der Waals surface area contributed by atoms with E-state index in [4.69, 9.17) is 5.26 Å². The summed E-state index contributed by atoms with van der Waals surface area (Å²) in [7, 11) is 0. The van der Waals surface area contributed by atoms with Crippen LogP contribution in [-0.4, -0.2) is 25.9 Å². The normalized spacial score (nSPS) is 10.4. The summed E-state index contributed by atoms with van der Waals surface area (Å²) in [5, 5.41) is 23.8. The lowest BCUT2D eigenvalue weighted by Gasteiger charge is -2.04. The minimum absolute atomic E-state index is 0.157. The number of carbonyl (C=O) groups is 1. The average molecular weight is 374 g/mol. The third kappa shape index (κ3) is 6.02. The Labute approximate surface area is 164 Å². The minimum atomic E-state index is -0.157. The molecule has 0 fully saturated rings. The number of anilines is 1. The number of nitriles is 1. The van der Waals surface area contributed by atoms with Gasteiger partial charge in [0.25, 0.3) is 0 Å². The molecule has 0 bridgehead atoms. The van der Waals surface area contributed by atoms with Crippen molar-refractivity contribution in [3.63, 3.8) is 0 Å². The number of nitrogens with one attached hydrogen (secondary N) is 1. The molecular formula is C21H22N6O. The number of unbranched alkanes of at least 4 members (excludes halogenated alkanes) is 2. The number of amides is 1. The van der Waals surface area contributed by atoms with Gasteiger partial charge < -0.3 is 5.32 Å². The van der Waals surface area contributed by atoms with E-state index in [1.165, 1.54) is 0 Å². The van der Waals surface area contributed by atoms with Gasteiger partial charge in [0.2, 0.25) is 5.91 Å². The van der Waals surface area contributed by atoms with Crippen LogP contribution in [0.15, 0.2) is 54.9 Å². The predicted molar refractivity (Wildman–Crippen MR) is 105 cm³/mol. The van der Waals surface area contributed by atoms with E-state index >= 15 is 0 Å². The van der Waals surface area contributed by atoms with E-state index in [2.05, 4.69) is 26.7 Å². The number of benzene rings is 1. The molecule has 0 unspecified atom stereocenters. The van der Waals surface area contributed by atoms with Crippen LogP contribution in [0.5, 0.6) is 0 Å². The summed E-state index contributed by atoms with van der Waals surface area (Å²) < 4.78 is 1.82. The third-order valence-corrected chi connectivity index (χ3v) is 4.20. The van der Waals surface area contributed by atoms with Gasteiger partial charge in [-0.3, -0.25) is 9.48 Å². The van der Waals surface area contributed by atoms with Crippen LogP contribution < -0.4 is 5.32 Å². The van der Waals surface area contributed by atoms with Gasteiger partial charge in [0.1, 0.15) is 0 Å². The smallest absolute Gasteiger partial charge is 0.230 e. The molecule has 1 N–H and O–H groups in total. The second-order valence-electron chi connectivity index (χ2n) is 6.53. The molecule has 0 aliphatic rings. The van der Waals surface area contributed by atoms with Crippen molar-refractivity contribution in [2.45, 2.75) is 38.6 Å². The van der Waals surface area contributed by atoms with Crippen molar-refractivity contribution in [1.82, 2.24) is 20.0 Å². The van der Waals surface area contributed by atoms with Crippen molar-refractivity contribution in [2.24, 2.45) is 0 Å². The Morgan fingerprint density at radius 3 is 2.68 bits per heavy atom. The number of nitrogens with zero attached hydrogens (tertiary/aromatic N) is 5. The molecule has 3 aromatic rings. The molecule has 142 valence electrons. The number of carbonyl (C=O) groups excluding carboxylic acids is 1. The molecule has 0 aliphatic carbocycles. The fraction of sp³-hybridized carbons (Fsp3) is 0.286. The molecule has 0 atom stereocenters. The largest absolute Gasteiger partial charge is 0.309 e. The fourth-order valence-corrected chi connectivity index (χ4v) is 2.80. The zero-order valence-electron chi connectivity index (χ0n) is 15.6. The van der Waals surface area contributed by atoms with E-state index < -0.39 is 0 Å². The molecule has 0 radical (unpaired) electrons. The summed E-state index contributed by atoms with van der Waals surface area (Å²) in [6.45, 7) is 0.670. The van der Waals surface area contributed by atoms with Crippen molar-refractivity contribution < 1.29 is 4.79 Å². The van der Waals surface area contributed by atoms with Crippen LogP contribution in [0.2, 0.25) is 0 Å². The van der Waals surface area contributed by atoms with E-state index in [1.807, 2.05) is 47.3 Å². The molecule has 2 heterocycles. The van der Waals surface area contributed by atoms with Crippen LogP contribution >= 0.6 is 0 Å². The van der Waals surface area contributed by atoms with Crippen LogP contribution in [0, 0.1) is 11.3 Å². The van der Waals surface area contributed by atoms with Gasteiger partial charge >= 0.3 is 0 Å². The number of hydrogen-bond acceptors (Lipinski definition) is 5. The molecule has 2 aromatic heterocycles. The Kier molecular flexibility index (Phi) is 6.85.